The van der Waals surface area contributed by atoms with E-state index in [0.717, 1.165) is 64.1 Å². The summed E-state index contributed by atoms with van der Waals surface area (Å²) in [5, 5.41) is 5.67. The highest BCUT2D eigenvalue weighted by molar-refractivity contribution is 7.15. The lowest BCUT2D eigenvalue weighted by Crippen LogP contribution is -2.37. The van der Waals surface area contributed by atoms with Crippen molar-refractivity contribution in [2.75, 3.05) is 18.0 Å². The van der Waals surface area contributed by atoms with Crippen molar-refractivity contribution >= 4 is 28.2 Å². The molecule has 5 rings (SSSR count). The maximum absolute atomic E-state index is 12.4. The number of piperidine rings is 1. The Morgan fingerprint density at radius 2 is 1.81 bits per heavy atom. The standard InChI is InChI=1S/C23H24N6OS/c1-15-23(31-16(2)25-15)20-7-8-22(30)29(27-20)14-17-9-11-28(12-10-17)21-13-24-18-5-3-4-6-19(18)26-21/h3-8,13,17H,9-12,14H2,1-2H3. The number of thiazole rings is 1. The molecular weight excluding hydrogens is 408 g/mol. The van der Waals surface area contributed by atoms with Crippen LogP contribution in [0.3, 0.4) is 0 Å². The molecule has 1 saturated heterocycles. The number of nitrogens with zero attached hydrogens (tertiary/aromatic N) is 6. The molecular formula is C23H24N6OS. The summed E-state index contributed by atoms with van der Waals surface area (Å²) in [5.74, 6) is 1.33. The Labute approximate surface area is 184 Å². The normalized spacial score (nSPS) is 15.0. The van der Waals surface area contributed by atoms with Crippen molar-refractivity contribution in [1.82, 2.24) is 24.7 Å². The molecule has 31 heavy (non-hydrogen) atoms. The van der Waals surface area contributed by atoms with Crippen molar-refractivity contribution in [3.63, 3.8) is 0 Å². The summed E-state index contributed by atoms with van der Waals surface area (Å²) in [6.07, 6.45) is 3.84. The third-order valence-electron chi connectivity index (χ3n) is 5.81. The highest BCUT2D eigenvalue weighted by Crippen LogP contribution is 2.28. The van der Waals surface area contributed by atoms with Crippen LogP contribution in [0, 0.1) is 19.8 Å². The zero-order valence-corrected chi connectivity index (χ0v) is 18.5. The summed E-state index contributed by atoms with van der Waals surface area (Å²) in [4.78, 5) is 29.6. The summed E-state index contributed by atoms with van der Waals surface area (Å²) >= 11 is 1.62. The molecule has 0 saturated carbocycles. The molecule has 1 aromatic carbocycles. The quantitative estimate of drug-likeness (QED) is 0.488. The zero-order valence-electron chi connectivity index (χ0n) is 17.7. The van der Waals surface area contributed by atoms with Crippen LogP contribution in [0.1, 0.15) is 23.5 Å². The van der Waals surface area contributed by atoms with Gasteiger partial charge in [0.15, 0.2) is 0 Å². The van der Waals surface area contributed by atoms with E-state index in [0.29, 0.717) is 12.5 Å². The molecule has 3 aromatic heterocycles. The van der Waals surface area contributed by atoms with Crippen molar-refractivity contribution in [2.24, 2.45) is 5.92 Å². The number of rotatable bonds is 4. The molecule has 158 valence electrons. The Kier molecular flexibility index (Phi) is 5.23. The van der Waals surface area contributed by atoms with Crippen LogP contribution in [-0.4, -0.2) is 37.8 Å². The molecule has 0 amide bonds. The lowest BCUT2D eigenvalue weighted by molar-refractivity contribution is 0.335. The minimum Gasteiger partial charge on any atom is -0.355 e. The number of benzene rings is 1. The van der Waals surface area contributed by atoms with E-state index in [9.17, 15) is 4.79 Å². The predicted molar refractivity (Wildman–Crippen MR) is 124 cm³/mol. The molecule has 0 radical (unpaired) electrons. The lowest BCUT2D eigenvalue weighted by atomic mass is 9.97. The first kappa shape index (κ1) is 19.8. The topological polar surface area (TPSA) is 76.8 Å². The molecule has 0 atom stereocenters. The van der Waals surface area contributed by atoms with Gasteiger partial charge < -0.3 is 4.90 Å². The minimum absolute atomic E-state index is 0.0505. The van der Waals surface area contributed by atoms with Gasteiger partial charge in [0.2, 0.25) is 0 Å². The monoisotopic (exact) mass is 432 g/mol. The Bertz CT molecular complexity index is 1290. The number of anilines is 1. The largest absolute Gasteiger partial charge is 0.355 e. The summed E-state index contributed by atoms with van der Waals surface area (Å²) in [6, 6.07) is 11.4. The molecule has 0 unspecified atom stereocenters. The fourth-order valence-electron chi connectivity index (χ4n) is 4.16. The number of aromatic nitrogens is 5. The fourth-order valence-corrected chi connectivity index (χ4v) is 5.04. The van der Waals surface area contributed by atoms with Gasteiger partial charge in [0, 0.05) is 25.7 Å². The molecule has 1 aliphatic heterocycles. The van der Waals surface area contributed by atoms with E-state index in [1.54, 1.807) is 28.2 Å². The van der Waals surface area contributed by atoms with Crippen LogP contribution < -0.4 is 10.5 Å². The summed E-state index contributed by atoms with van der Waals surface area (Å²) in [6.45, 7) is 6.42. The number of aryl methyl sites for hydroxylation is 2. The molecule has 0 N–H and O–H groups in total. The van der Waals surface area contributed by atoms with Crippen molar-refractivity contribution in [2.45, 2.75) is 33.2 Å². The molecule has 0 aliphatic carbocycles. The van der Waals surface area contributed by atoms with Gasteiger partial charge in [-0.3, -0.25) is 9.78 Å². The molecule has 0 spiro atoms. The predicted octanol–water partition coefficient (Wildman–Crippen LogP) is 3.84. The molecule has 4 aromatic rings. The van der Waals surface area contributed by atoms with Gasteiger partial charge in [0.25, 0.3) is 5.56 Å². The van der Waals surface area contributed by atoms with Crippen LogP contribution >= 0.6 is 11.3 Å². The van der Waals surface area contributed by atoms with Crippen LogP contribution in [0.5, 0.6) is 0 Å². The second kappa shape index (κ2) is 8.19. The fraction of sp³-hybridized carbons (Fsp3) is 0.348. The maximum atomic E-state index is 12.4. The molecule has 1 aliphatic rings. The second-order valence-electron chi connectivity index (χ2n) is 8.03. The van der Waals surface area contributed by atoms with Gasteiger partial charge in [-0.15, -0.1) is 11.3 Å². The summed E-state index contributed by atoms with van der Waals surface area (Å²) < 4.78 is 1.62. The SMILES string of the molecule is Cc1nc(C)c(-c2ccc(=O)n(CC3CCN(c4cnc5ccccc5n4)CC3)n2)s1. The van der Waals surface area contributed by atoms with E-state index >= 15 is 0 Å². The van der Waals surface area contributed by atoms with E-state index in [2.05, 4.69) is 20.0 Å². The average molecular weight is 433 g/mol. The van der Waals surface area contributed by atoms with E-state index in [1.807, 2.05) is 44.3 Å². The molecule has 8 heteroatoms. The first-order valence-electron chi connectivity index (χ1n) is 10.6. The van der Waals surface area contributed by atoms with Crippen molar-refractivity contribution in [1.29, 1.82) is 0 Å². The molecule has 1 fully saturated rings. The van der Waals surface area contributed by atoms with Crippen molar-refractivity contribution in [3.8, 4) is 10.6 Å². The number of fused-ring (bicyclic) bond motifs is 1. The van der Waals surface area contributed by atoms with Gasteiger partial charge in [-0.05, 0) is 50.8 Å². The number of para-hydroxylation sites is 2. The van der Waals surface area contributed by atoms with Gasteiger partial charge in [-0.2, -0.15) is 5.10 Å². The Morgan fingerprint density at radius 3 is 2.55 bits per heavy atom. The lowest BCUT2D eigenvalue weighted by Gasteiger charge is -2.32. The van der Waals surface area contributed by atoms with Gasteiger partial charge in [-0.1, -0.05) is 12.1 Å². The zero-order chi connectivity index (χ0) is 21.4. The van der Waals surface area contributed by atoms with Crippen molar-refractivity contribution in [3.05, 3.63) is 63.7 Å². The Hall–Kier alpha value is -3.13. The number of hydrogen-bond acceptors (Lipinski definition) is 7. The van der Waals surface area contributed by atoms with Crippen LogP contribution in [0.4, 0.5) is 5.82 Å². The molecule has 0 bridgehead atoms. The molecule has 4 heterocycles. The summed E-state index contributed by atoms with van der Waals surface area (Å²) in [5.41, 5.74) is 3.57. The average Bonchev–Trinajstić information content (AvgIpc) is 3.13. The minimum atomic E-state index is -0.0505. The first-order chi connectivity index (χ1) is 15.1. The molecule has 7 nitrogen and oxygen atoms in total. The van der Waals surface area contributed by atoms with Crippen LogP contribution in [-0.2, 0) is 6.54 Å². The van der Waals surface area contributed by atoms with Crippen molar-refractivity contribution < 1.29 is 0 Å². The van der Waals surface area contributed by atoms with Crippen LogP contribution in [0.2, 0.25) is 0 Å². The second-order valence-corrected chi connectivity index (χ2v) is 9.24. The van der Waals surface area contributed by atoms with E-state index in [-0.39, 0.29) is 5.56 Å². The van der Waals surface area contributed by atoms with E-state index < -0.39 is 0 Å². The third-order valence-corrected chi connectivity index (χ3v) is 6.90. The third kappa shape index (κ3) is 4.07. The van der Waals surface area contributed by atoms with Gasteiger partial charge in [0.05, 0.1) is 32.8 Å². The van der Waals surface area contributed by atoms with Crippen LogP contribution in [0.15, 0.2) is 47.4 Å². The van der Waals surface area contributed by atoms with Gasteiger partial charge in [-0.25, -0.2) is 14.6 Å². The summed E-state index contributed by atoms with van der Waals surface area (Å²) in [7, 11) is 0. The Balaban J connectivity index is 1.28. The van der Waals surface area contributed by atoms with Gasteiger partial charge >= 0.3 is 0 Å². The maximum Gasteiger partial charge on any atom is 0.266 e. The highest BCUT2D eigenvalue weighted by Gasteiger charge is 2.22. The highest BCUT2D eigenvalue weighted by atomic mass is 32.1. The van der Waals surface area contributed by atoms with Crippen LogP contribution in [0.25, 0.3) is 21.6 Å². The smallest absolute Gasteiger partial charge is 0.266 e. The first-order valence-corrected chi connectivity index (χ1v) is 11.4. The Morgan fingerprint density at radius 1 is 1.03 bits per heavy atom. The van der Waals surface area contributed by atoms with Gasteiger partial charge in [0.1, 0.15) is 11.5 Å². The van der Waals surface area contributed by atoms with E-state index in [4.69, 9.17) is 4.98 Å². The number of hydrogen-bond donors (Lipinski definition) is 0. The van der Waals surface area contributed by atoms with E-state index in [1.165, 1.54) is 0 Å².